The van der Waals surface area contributed by atoms with Crippen LogP contribution in [0.15, 0.2) is 60.9 Å². The quantitative estimate of drug-likeness (QED) is 0.111. The molecule has 0 aliphatic carbocycles. The molecule has 0 saturated carbocycles. The number of rotatable bonds is 8. The van der Waals surface area contributed by atoms with Gasteiger partial charge in [0.05, 0.1) is 52.8 Å². The van der Waals surface area contributed by atoms with Gasteiger partial charge < -0.3 is 25.3 Å². The van der Waals surface area contributed by atoms with Gasteiger partial charge in [0.15, 0.2) is 11.3 Å². The van der Waals surface area contributed by atoms with Crippen molar-refractivity contribution in [3.05, 3.63) is 106 Å². The molecule has 18 nitrogen and oxygen atoms in total. The van der Waals surface area contributed by atoms with E-state index in [1.54, 1.807) is 22.7 Å². The molecule has 8 heterocycles. The average molecular weight is 1020 g/mol. The summed E-state index contributed by atoms with van der Waals surface area (Å²) in [6.45, 7) is 13.4. The van der Waals surface area contributed by atoms with E-state index in [0.717, 1.165) is 140 Å². The van der Waals surface area contributed by atoms with Crippen LogP contribution in [0.25, 0.3) is 11.3 Å². The zero-order chi connectivity index (χ0) is 49.4. The van der Waals surface area contributed by atoms with Crippen molar-refractivity contribution in [2.75, 3.05) is 72.0 Å². The Morgan fingerprint density at radius 2 is 1.06 bits per heavy atom. The fourth-order valence-electron chi connectivity index (χ4n) is 9.53. The number of carbonyl (C=O) groups excluding carboxylic acids is 2. The predicted octanol–water partition coefficient (Wildman–Crippen LogP) is 7.62. The van der Waals surface area contributed by atoms with Gasteiger partial charge in [-0.2, -0.15) is 10.2 Å². The molecule has 70 heavy (non-hydrogen) atoms. The third kappa shape index (κ3) is 11.6. The van der Waals surface area contributed by atoms with E-state index in [4.69, 9.17) is 25.9 Å². The predicted molar refractivity (Wildman–Crippen MR) is 277 cm³/mol. The van der Waals surface area contributed by atoms with Gasteiger partial charge >= 0.3 is 0 Å². The highest BCUT2D eigenvalue weighted by atomic mass is 35.7. The van der Waals surface area contributed by atoms with Crippen LogP contribution in [0.1, 0.15) is 125 Å². The minimum Gasteiger partial charge on any atom is -0.398 e. The lowest BCUT2D eigenvalue weighted by atomic mass is 9.96. The fourth-order valence-corrected chi connectivity index (χ4v) is 10.1. The number of hydrogen-bond acceptors (Lipinski definition) is 13. The van der Waals surface area contributed by atoms with Crippen molar-refractivity contribution in [3.8, 4) is 0 Å². The Kier molecular flexibility index (Phi) is 15.7. The second-order valence-electron chi connectivity index (χ2n) is 18.5. The molecule has 2 amide bonds. The number of fused-ring (bicyclic) bond motifs is 2. The number of carbonyl (C=O) groups is 2. The molecule has 6 aromatic rings. The number of nitrogen functional groups attached to an aromatic ring is 1. The Morgan fingerprint density at radius 3 is 1.47 bits per heavy atom. The summed E-state index contributed by atoms with van der Waals surface area (Å²) in [6, 6.07) is 14.6. The molecule has 2 atom stereocenters. The molecule has 0 spiro atoms. The van der Waals surface area contributed by atoms with E-state index in [2.05, 4.69) is 32.1 Å². The molecule has 10 rings (SSSR count). The van der Waals surface area contributed by atoms with Crippen LogP contribution in [-0.4, -0.2) is 119 Å². The number of likely N-dealkylation sites (tertiary alicyclic amines) is 2. The summed E-state index contributed by atoms with van der Waals surface area (Å²) in [6.07, 6.45) is 14.1. The number of aryl methyl sites for hydroxylation is 4. The zero-order valence-corrected chi connectivity index (χ0v) is 42.4. The SMILES string of the molecule is C.CS(=O)(=O)Cl.Cc1cn2nc([C@@H]3CCCCN3C(=O)c3c(C)cccc3N)cc2nc1N1CCC1.Cc1cn2nc([C@@H]3CCCCN3C(=O)c3c(C)cccc3NS(C)(=O)=O)cc2nc1N1CCC1. The molecule has 3 N–H and O–H groups in total. The first kappa shape index (κ1) is 51.8. The summed E-state index contributed by atoms with van der Waals surface area (Å²) in [5.74, 6) is 1.86. The molecule has 0 unspecified atom stereocenters. The summed E-state index contributed by atoms with van der Waals surface area (Å²) in [4.78, 5) is 45.4. The Balaban J connectivity index is 0.000000187. The highest BCUT2D eigenvalue weighted by Crippen LogP contribution is 2.36. The Bertz CT molecular complexity index is 3110. The molecule has 0 radical (unpaired) electrons. The topological polar surface area (TPSA) is 214 Å². The number of nitrogens with two attached hydrogens (primary N) is 1. The van der Waals surface area contributed by atoms with Crippen LogP contribution in [-0.2, 0) is 19.1 Å². The van der Waals surface area contributed by atoms with Crippen LogP contribution in [0, 0.1) is 27.7 Å². The van der Waals surface area contributed by atoms with Gasteiger partial charge in [-0.1, -0.05) is 31.7 Å². The molecule has 4 aliphatic rings. The first-order valence-electron chi connectivity index (χ1n) is 23.4. The number of hydrogen-bond donors (Lipinski definition) is 2. The maximum atomic E-state index is 13.8. The number of nitrogens with zero attached hydrogens (tertiary/aromatic N) is 10. The number of amides is 2. The molecule has 4 aromatic heterocycles. The van der Waals surface area contributed by atoms with Crippen molar-refractivity contribution in [3.63, 3.8) is 0 Å². The van der Waals surface area contributed by atoms with Crippen molar-refractivity contribution in [1.82, 2.24) is 39.0 Å². The summed E-state index contributed by atoms with van der Waals surface area (Å²) in [5.41, 5.74) is 15.2. The molecule has 0 bridgehead atoms. The largest absolute Gasteiger partial charge is 0.398 e. The number of nitrogens with one attached hydrogen (secondary N) is 1. The monoisotopic (exact) mass is 1020 g/mol. The van der Waals surface area contributed by atoms with Crippen molar-refractivity contribution in [1.29, 1.82) is 0 Å². The van der Waals surface area contributed by atoms with Crippen molar-refractivity contribution in [2.24, 2.45) is 0 Å². The highest BCUT2D eigenvalue weighted by molar-refractivity contribution is 8.13. The van der Waals surface area contributed by atoms with Crippen LogP contribution in [0.4, 0.5) is 23.0 Å². The van der Waals surface area contributed by atoms with Gasteiger partial charge in [-0.15, -0.1) is 0 Å². The molecular weight excluding hydrogens is 952 g/mol. The lowest BCUT2D eigenvalue weighted by molar-refractivity contribution is 0.0599. The van der Waals surface area contributed by atoms with E-state index < -0.39 is 19.1 Å². The summed E-state index contributed by atoms with van der Waals surface area (Å²) in [7, 11) is -2.22. The van der Waals surface area contributed by atoms with E-state index >= 15 is 0 Å². The second-order valence-corrected chi connectivity index (χ2v) is 23.3. The normalized spacial score (nSPS) is 18.2. The maximum absolute atomic E-state index is 13.8. The number of aromatic nitrogens is 6. The fraction of sp³-hybridized carbons (Fsp3) is 0.469. The Hall–Kier alpha value is -5.99. The number of benzene rings is 2. The smallest absolute Gasteiger partial charge is 0.256 e. The second kappa shape index (κ2) is 21.2. The van der Waals surface area contributed by atoms with Crippen LogP contribution in [0.2, 0.25) is 0 Å². The number of halogens is 1. The lowest BCUT2D eigenvalue weighted by Gasteiger charge is -2.35. The molecule has 4 fully saturated rings. The van der Waals surface area contributed by atoms with Crippen molar-refractivity contribution >= 4 is 75.9 Å². The van der Waals surface area contributed by atoms with Crippen molar-refractivity contribution < 1.29 is 26.4 Å². The molecule has 376 valence electrons. The molecule has 4 saturated heterocycles. The van der Waals surface area contributed by atoms with Gasteiger partial charge in [0, 0.05) is 91.3 Å². The third-order valence-electron chi connectivity index (χ3n) is 13.1. The first-order valence-corrected chi connectivity index (χ1v) is 28.0. The van der Waals surface area contributed by atoms with E-state index in [-0.39, 0.29) is 31.3 Å². The van der Waals surface area contributed by atoms with Gasteiger partial charge in [0.2, 0.25) is 19.1 Å². The molecular formula is C49H65ClN12O6S2. The Labute approximate surface area is 415 Å². The minimum absolute atomic E-state index is 0. The van der Waals surface area contributed by atoms with Crippen molar-refractivity contribution in [2.45, 2.75) is 98.6 Å². The van der Waals surface area contributed by atoms with Gasteiger partial charge in [-0.3, -0.25) is 14.3 Å². The average Bonchev–Trinajstić information content (AvgIpc) is 3.85. The van der Waals surface area contributed by atoms with Gasteiger partial charge in [0.25, 0.3) is 11.8 Å². The van der Waals surface area contributed by atoms with E-state index in [1.165, 1.54) is 12.8 Å². The van der Waals surface area contributed by atoms with Crippen LogP contribution >= 0.6 is 10.7 Å². The van der Waals surface area contributed by atoms with Gasteiger partial charge in [0.1, 0.15) is 11.6 Å². The minimum atomic E-state index is -3.53. The highest BCUT2D eigenvalue weighted by Gasteiger charge is 2.35. The molecule has 21 heteroatoms. The van der Waals surface area contributed by atoms with E-state index in [0.29, 0.717) is 29.0 Å². The third-order valence-corrected chi connectivity index (χ3v) is 13.7. The number of sulfonamides is 1. The van der Waals surface area contributed by atoms with E-state index in [1.807, 2.05) is 77.8 Å². The van der Waals surface area contributed by atoms with Crippen LogP contribution < -0.4 is 20.3 Å². The number of piperidine rings is 2. The molecule has 4 aliphatic heterocycles. The summed E-state index contributed by atoms with van der Waals surface area (Å²) < 4.78 is 48.8. The van der Waals surface area contributed by atoms with Crippen LogP contribution in [0.5, 0.6) is 0 Å². The lowest BCUT2D eigenvalue weighted by Crippen LogP contribution is -2.39. The number of anilines is 4. The molecule has 2 aromatic carbocycles. The van der Waals surface area contributed by atoms with Gasteiger partial charge in [-0.25, -0.2) is 35.8 Å². The standard InChI is InChI=1S/C24H30N6O3S.C23H28N6O.CH3ClO2S.CH4/c1-16-8-6-9-18(27-34(3,32)33)22(16)24(31)29-13-5-4-10-20(29)19-14-21-25-23(28-11-7-12-28)17(2)15-30(21)26-19;1-15-7-5-8-17(24)21(15)23(30)28-12-4-3-9-19(28)18-13-20-25-22(27-10-6-11-27)16(2)14-29(20)26-18;1-5(2,3)4;/h6,8-9,14-15,20,27H,4-5,7,10-13H2,1-3H3;5,7-8,13-14,19H,3-4,6,9-12,24H2,1-2H3;1H3;1H4/t20-;19-;;/m00../s1. The van der Waals surface area contributed by atoms with Crippen LogP contribution in [0.3, 0.4) is 0 Å². The zero-order valence-electron chi connectivity index (χ0n) is 40.0. The summed E-state index contributed by atoms with van der Waals surface area (Å²) >= 11 is 0. The summed E-state index contributed by atoms with van der Waals surface area (Å²) in [5, 5.41) is 9.63. The first-order chi connectivity index (χ1) is 32.7. The van der Waals surface area contributed by atoms with Gasteiger partial charge in [-0.05, 0) is 102 Å². The Morgan fingerprint density at radius 1 is 0.629 bits per heavy atom. The maximum Gasteiger partial charge on any atom is 0.256 e. The van der Waals surface area contributed by atoms with E-state index in [9.17, 15) is 26.4 Å².